The van der Waals surface area contributed by atoms with Crippen LogP contribution in [0.25, 0.3) is 6.08 Å². The van der Waals surface area contributed by atoms with Crippen molar-refractivity contribution in [2.45, 2.75) is 12.5 Å². The van der Waals surface area contributed by atoms with E-state index in [0.29, 0.717) is 22.1 Å². The SMILES string of the molecule is CC1(CO)C=Cc2cc(NC(=O)Nc3ccc(Cl)cc3)ccc2O1. The van der Waals surface area contributed by atoms with Crippen molar-refractivity contribution in [3.05, 3.63) is 59.1 Å². The summed E-state index contributed by atoms with van der Waals surface area (Å²) in [6.07, 6.45) is 3.67. The van der Waals surface area contributed by atoms with Gasteiger partial charge in [0.15, 0.2) is 0 Å². The Labute approximate surface area is 144 Å². The number of amides is 2. The largest absolute Gasteiger partial charge is 0.480 e. The zero-order valence-corrected chi connectivity index (χ0v) is 13.8. The lowest BCUT2D eigenvalue weighted by Crippen LogP contribution is -2.35. The smallest absolute Gasteiger partial charge is 0.323 e. The lowest BCUT2D eigenvalue weighted by molar-refractivity contribution is 0.0641. The van der Waals surface area contributed by atoms with Gasteiger partial charge in [0, 0.05) is 22.0 Å². The van der Waals surface area contributed by atoms with E-state index in [4.69, 9.17) is 16.3 Å². The molecule has 3 rings (SSSR count). The van der Waals surface area contributed by atoms with Crippen LogP contribution in [0.2, 0.25) is 5.02 Å². The van der Waals surface area contributed by atoms with Crippen LogP contribution in [0, 0.1) is 0 Å². The Hall–Kier alpha value is -2.50. The van der Waals surface area contributed by atoms with Crippen LogP contribution in [-0.4, -0.2) is 23.3 Å². The average Bonchev–Trinajstić information content (AvgIpc) is 2.57. The van der Waals surface area contributed by atoms with E-state index >= 15 is 0 Å². The van der Waals surface area contributed by atoms with E-state index in [1.54, 1.807) is 49.4 Å². The predicted octanol–water partition coefficient (Wildman–Crippen LogP) is 4.14. The molecule has 1 unspecified atom stereocenters. The molecule has 0 spiro atoms. The van der Waals surface area contributed by atoms with Gasteiger partial charge in [-0.1, -0.05) is 17.7 Å². The number of nitrogens with one attached hydrogen (secondary N) is 2. The second-order valence-electron chi connectivity index (χ2n) is 5.74. The fourth-order valence-corrected chi connectivity index (χ4v) is 2.44. The van der Waals surface area contributed by atoms with Crippen LogP contribution in [0.15, 0.2) is 48.5 Å². The molecule has 0 bridgehead atoms. The maximum Gasteiger partial charge on any atom is 0.323 e. The van der Waals surface area contributed by atoms with Gasteiger partial charge in [0.1, 0.15) is 11.4 Å². The van der Waals surface area contributed by atoms with Crippen molar-refractivity contribution in [3.8, 4) is 5.75 Å². The summed E-state index contributed by atoms with van der Waals surface area (Å²) < 4.78 is 5.76. The molecule has 0 fully saturated rings. The molecule has 0 radical (unpaired) electrons. The zero-order chi connectivity index (χ0) is 17.2. The van der Waals surface area contributed by atoms with E-state index in [-0.39, 0.29) is 12.6 Å². The van der Waals surface area contributed by atoms with Gasteiger partial charge in [0.05, 0.1) is 6.61 Å². The number of halogens is 1. The number of fused-ring (bicyclic) bond motifs is 1. The van der Waals surface area contributed by atoms with Crippen molar-refractivity contribution in [3.63, 3.8) is 0 Å². The fourth-order valence-electron chi connectivity index (χ4n) is 2.31. The molecule has 5 nitrogen and oxygen atoms in total. The topological polar surface area (TPSA) is 70.6 Å². The lowest BCUT2D eigenvalue weighted by Gasteiger charge is -2.29. The van der Waals surface area contributed by atoms with Gasteiger partial charge in [-0.05, 0) is 55.5 Å². The molecule has 124 valence electrons. The second-order valence-corrected chi connectivity index (χ2v) is 6.18. The van der Waals surface area contributed by atoms with Crippen LogP contribution in [0.3, 0.4) is 0 Å². The van der Waals surface area contributed by atoms with Crippen LogP contribution in [-0.2, 0) is 0 Å². The Morgan fingerprint density at radius 3 is 2.54 bits per heavy atom. The molecule has 6 heteroatoms. The first kappa shape index (κ1) is 16.4. The third-order valence-corrected chi connectivity index (χ3v) is 3.89. The number of ether oxygens (including phenoxy) is 1. The molecule has 0 saturated heterocycles. The van der Waals surface area contributed by atoms with E-state index in [2.05, 4.69) is 10.6 Å². The summed E-state index contributed by atoms with van der Waals surface area (Å²) in [7, 11) is 0. The number of hydrogen-bond acceptors (Lipinski definition) is 3. The third-order valence-electron chi connectivity index (χ3n) is 3.64. The first-order valence-electron chi connectivity index (χ1n) is 7.44. The summed E-state index contributed by atoms with van der Waals surface area (Å²) in [6, 6.07) is 11.8. The van der Waals surface area contributed by atoms with Gasteiger partial charge in [-0.2, -0.15) is 0 Å². The van der Waals surface area contributed by atoms with Crippen LogP contribution in [0.1, 0.15) is 12.5 Å². The molecule has 1 aliphatic rings. The molecule has 0 saturated carbocycles. The Bertz CT molecular complexity index is 789. The molecule has 2 amide bonds. The highest BCUT2D eigenvalue weighted by molar-refractivity contribution is 6.30. The summed E-state index contributed by atoms with van der Waals surface area (Å²) in [5.74, 6) is 0.665. The molecular weight excluding hydrogens is 328 g/mol. The number of anilines is 2. The van der Waals surface area contributed by atoms with E-state index in [1.807, 2.05) is 12.1 Å². The number of aliphatic hydroxyl groups excluding tert-OH is 1. The molecule has 0 aromatic heterocycles. The highest BCUT2D eigenvalue weighted by Crippen LogP contribution is 2.32. The molecule has 1 heterocycles. The minimum absolute atomic E-state index is 0.105. The maximum atomic E-state index is 12.0. The summed E-state index contributed by atoms with van der Waals surface area (Å²) >= 11 is 5.81. The Morgan fingerprint density at radius 2 is 1.83 bits per heavy atom. The normalized spacial score (nSPS) is 18.5. The van der Waals surface area contributed by atoms with Gasteiger partial charge in [-0.25, -0.2) is 4.79 Å². The highest BCUT2D eigenvalue weighted by atomic mass is 35.5. The molecule has 24 heavy (non-hydrogen) atoms. The van der Waals surface area contributed by atoms with Gasteiger partial charge in [0.2, 0.25) is 0 Å². The van der Waals surface area contributed by atoms with Crippen molar-refractivity contribution >= 4 is 35.1 Å². The second kappa shape index (κ2) is 6.55. The van der Waals surface area contributed by atoms with Crippen molar-refractivity contribution in [1.82, 2.24) is 0 Å². The number of hydrogen-bond donors (Lipinski definition) is 3. The van der Waals surface area contributed by atoms with E-state index in [1.165, 1.54) is 0 Å². The fraction of sp³-hybridized carbons (Fsp3) is 0.167. The van der Waals surface area contributed by atoms with Crippen molar-refractivity contribution in [2.75, 3.05) is 17.2 Å². The minimum atomic E-state index is -0.714. The van der Waals surface area contributed by atoms with Gasteiger partial charge in [0.25, 0.3) is 0 Å². The van der Waals surface area contributed by atoms with Gasteiger partial charge in [-0.3, -0.25) is 0 Å². The highest BCUT2D eigenvalue weighted by Gasteiger charge is 2.26. The van der Waals surface area contributed by atoms with E-state index in [0.717, 1.165) is 5.56 Å². The van der Waals surface area contributed by atoms with Crippen molar-refractivity contribution < 1.29 is 14.6 Å². The average molecular weight is 345 g/mol. The van der Waals surface area contributed by atoms with Gasteiger partial charge in [-0.15, -0.1) is 0 Å². The van der Waals surface area contributed by atoms with Gasteiger partial charge >= 0.3 is 6.03 Å². The monoisotopic (exact) mass is 344 g/mol. The summed E-state index contributed by atoms with van der Waals surface area (Å²) in [4.78, 5) is 12.0. The standard InChI is InChI=1S/C18H17ClN2O3/c1-18(11-22)9-8-12-10-15(6-7-16(12)24-18)21-17(23)20-14-4-2-13(19)3-5-14/h2-10,22H,11H2,1H3,(H2,20,21,23). The summed E-state index contributed by atoms with van der Waals surface area (Å²) in [5.41, 5.74) is 1.41. The van der Waals surface area contributed by atoms with Crippen LogP contribution >= 0.6 is 11.6 Å². The van der Waals surface area contributed by atoms with Crippen LogP contribution < -0.4 is 15.4 Å². The Kier molecular flexibility index (Phi) is 4.46. The predicted molar refractivity (Wildman–Crippen MR) is 95.7 cm³/mol. The zero-order valence-electron chi connectivity index (χ0n) is 13.0. The molecular formula is C18H17ClN2O3. The van der Waals surface area contributed by atoms with E-state index in [9.17, 15) is 9.90 Å². The third kappa shape index (κ3) is 3.69. The van der Waals surface area contributed by atoms with E-state index < -0.39 is 5.60 Å². The lowest BCUT2D eigenvalue weighted by atomic mass is 10.0. The number of rotatable bonds is 3. The molecule has 3 N–H and O–H groups in total. The number of carbonyl (C=O) groups excluding carboxylic acids is 1. The van der Waals surface area contributed by atoms with Crippen LogP contribution in [0.5, 0.6) is 5.75 Å². The Morgan fingerprint density at radius 1 is 1.17 bits per heavy atom. The molecule has 1 aliphatic heterocycles. The summed E-state index contributed by atoms with van der Waals surface area (Å²) in [6.45, 7) is 1.70. The van der Waals surface area contributed by atoms with Crippen molar-refractivity contribution in [1.29, 1.82) is 0 Å². The first-order valence-corrected chi connectivity index (χ1v) is 7.82. The number of carbonyl (C=O) groups is 1. The quantitative estimate of drug-likeness (QED) is 0.783. The first-order chi connectivity index (χ1) is 11.5. The number of benzene rings is 2. The number of aliphatic hydroxyl groups is 1. The minimum Gasteiger partial charge on any atom is -0.480 e. The van der Waals surface area contributed by atoms with Gasteiger partial charge < -0.3 is 20.5 Å². The molecule has 2 aromatic carbocycles. The molecule has 0 aliphatic carbocycles. The summed E-state index contributed by atoms with van der Waals surface area (Å²) in [5, 5.41) is 15.5. The molecule has 2 aromatic rings. The molecule has 1 atom stereocenters. The van der Waals surface area contributed by atoms with Crippen LogP contribution in [0.4, 0.5) is 16.2 Å². The van der Waals surface area contributed by atoms with Crippen molar-refractivity contribution in [2.24, 2.45) is 0 Å². The Balaban J connectivity index is 1.68. The maximum absolute atomic E-state index is 12.0. The number of urea groups is 1.